The molecule has 4 N–H and O–H groups in total. The number of hydrogen-bond donors (Lipinski definition) is 3. The first kappa shape index (κ1) is 15.0. The van der Waals surface area contributed by atoms with Gasteiger partial charge in [-0.3, -0.25) is 14.5 Å². The molecule has 6 nitrogen and oxygen atoms in total. The fourth-order valence-electron chi connectivity index (χ4n) is 2.33. The van der Waals surface area contributed by atoms with Gasteiger partial charge >= 0.3 is 0 Å². The molecule has 0 radical (unpaired) electrons. The van der Waals surface area contributed by atoms with Gasteiger partial charge in [0.25, 0.3) is 5.91 Å². The van der Waals surface area contributed by atoms with Crippen LogP contribution >= 0.6 is 11.3 Å². The van der Waals surface area contributed by atoms with Crippen LogP contribution in [0.15, 0.2) is 11.4 Å². The van der Waals surface area contributed by atoms with E-state index >= 15 is 0 Å². The molecular weight excluding hydrogens is 276 g/mol. The maximum atomic E-state index is 12.0. The first-order valence-corrected chi connectivity index (χ1v) is 7.54. The molecule has 1 aromatic rings. The van der Waals surface area contributed by atoms with Crippen LogP contribution in [0.1, 0.15) is 23.2 Å². The third-order valence-corrected chi connectivity index (χ3v) is 4.30. The SMILES string of the molecule is CN(CC(=O)Nc1sccc1C(N)=O)C1CCCNC1. The van der Waals surface area contributed by atoms with Gasteiger partial charge in [-0.25, -0.2) is 0 Å². The number of primary amides is 1. The standard InChI is InChI=1S/C13H20N4O2S/c1-17(9-3-2-5-15-7-9)8-11(18)16-13-10(12(14)19)4-6-20-13/h4,6,9,15H,2-3,5,7-8H2,1H3,(H2,14,19)(H,16,18). The highest BCUT2D eigenvalue weighted by Crippen LogP contribution is 2.22. The number of thiophene rings is 1. The van der Waals surface area contributed by atoms with E-state index in [0.29, 0.717) is 23.2 Å². The van der Waals surface area contributed by atoms with Crippen LogP contribution in [0.3, 0.4) is 0 Å². The van der Waals surface area contributed by atoms with E-state index in [1.54, 1.807) is 11.4 Å². The van der Waals surface area contributed by atoms with Crippen LogP contribution in [-0.4, -0.2) is 49.4 Å². The summed E-state index contributed by atoms with van der Waals surface area (Å²) in [6.07, 6.45) is 2.23. The van der Waals surface area contributed by atoms with Crippen molar-refractivity contribution in [3.8, 4) is 0 Å². The molecule has 1 unspecified atom stereocenters. The smallest absolute Gasteiger partial charge is 0.251 e. The molecule has 7 heteroatoms. The minimum atomic E-state index is -0.522. The highest BCUT2D eigenvalue weighted by Gasteiger charge is 2.20. The maximum Gasteiger partial charge on any atom is 0.251 e. The van der Waals surface area contributed by atoms with Crippen LogP contribution < -0.4 is 16.4 Å². The lowest BCUT2D eigenvalue weighted by molar-refractivity contribution is -0.117. The molecule has 0 aromatic carbocycles. The molecule has 2 heterocycles. The molecule has 1 atom stereocenters. The van der Waals surface area contributed by atoms with Crippen LogP contribution in [0, 0.1) is 0 Å². The zero-order valence-electron chi connectivity index (χ0n) is 11.5. The van der Waals surface area contributed by atoms with E-state index in [1.165, 1.54) is 11.3 Å². The molecule has 0 aliphatic carbocycles. The Bertz CT molecular complexity index is 482. The number of piperidine rings is 1. The summed E-state index contributed by atoms with van der Waals surface area (Å²) in [5.41, 5.74) is 5.62. The Kier molecular flexibility index (Phi) is 5.11. The number of hydrogen-bond acceptors (Lipinski definition) is 5. The van der Waals surface area contributed by atoms with E-state index < -0.39 is 5.91 Å². The molecule has 2 rings (SSSR count). The second kappa shape index (κ2) is 6.83. The van der Waals surface area contributed by atoms with Crippen molar-refractivity contribution in [2.75, 3.05) is 32.0 Å². The number of amides is 2. The third kappa shape index (κ3) is 3.78. The highest BCUT2D eigenvalue weighted by atomic mass is 32.1. The normalized spacial score (nSPS) is 19.0. The molecule has 1 aromatic heterocycles. The quantitative estimate of drug-likeness (QED) is 0.737. The van der Waals surface area contributed by atoms with Gasteiger partial charge in [-0.2, -0.15) is 0 Å². The monoisotopic (exact) mass is 296 g/mol. The number of rotatable bonds is 5. The average Bonchev–Trinajstić information content (AvgIpc) is 2.87. The minimum Gasteiger partial charge on any atom is -0.366 e. The molecule has 0 spiro atoms. The zero-order valence-corrected chi connectivity index (χ0v) is 12.3. The van der Waals surface area contributed by atoms with Crippen molar-refractivity contribution < 1.29 is 9.59 Å². The van der Waals surface area contributed by atoms with Crippen LogP contribution in [-0.2, 0) is 4.79 Å². The first-order chi connectivity index (χ1) is 9.58. The Morgan fingerprint density at radius 1 is 1.60 bits per heavy atom. The van der Waals surface area contributed by atoms with Gasteiger partial charge < -0.3 is 16.4 Å². The number of carbonyl (C=O) groups excluding carboxylic acids is 2. The van der Waals surface area contributed by atoms with E-state index in [9.17, 15) is 9.59 Å². The topological polar surface area (TPSA) is 87.5 Å². The second-order valence-corrected chi connectivity index (χ2v) is 5.91. The van der Waals surface area contributed by atoms with Gasteiger partial charge in [0.15, 0.2) is 0 Å². The number of nitrogens with one attached hydrogen (secondary N) is 2. The summed E-state index contributed by atoms with van der Waals surface area (Å²) in [7, 11) is 1.95. The Morgan fingerprint density at radius 2 is 2.40 bits per heavy atom. The van der Waals surface area contributed by atoms with Crippen LogP contribution in [0.25, 0.3) is 0 Å². The molecule has 0 bridgehead atoms. The number of anilines is 1. The van der Waals surface area contributed by atoms with Crippen molar-refractivity contribution in [2.24, 2.45) is 5.73 Å². The summed E-state index contributed by atoms with van der Waals surface area (Å²) >= 11 is 1.31. The largest absolute Gasteiger partial charge is 0.366 e. The van der Waals surface area contributed by atoms with Gasteiger partial charge in [0.1, 0.15) is 5.00 Å². The lowest BCUT2D eigenvalue weighted by Crippen LogP contribution is -2.46. The molecule has 20 heavy (non-hydrogen) atoms. The van der Waals surface area contributed by atoms with Crippen molar-refractivity contribution in [2.45, 2.75) is 18.9 Å². The van der Waals surface area contributed by atoms with Crippen molar-refractivity contribution in [1.29, 1.82) is 0 Å². The van der Waals surface area contributed by atoms with Gasteiger partial charge in [0, 0.05) is 12.6 Å². The molecule has 110 valence electrons. The van der Waals surface area contributed by atoms with Crippen molar-refractivity contribution in [3.05, 3.63) is 17.0 Å². The number of likely N-dealkylation sites (N-methyl/N-ethyl adjacent to an activating group) is 1. The number of carbonyl (C=O) groups is 2. The molecular formula is C13H20N4O2S. The van der Waals surface area contributed by atoms with E-state index in [2.05, 4.69) is 10.6 Å². The lowest BCUT2D eigenvalue weighted by Gasteiger charge is -2.31. The number of nitrogens with two attached hydrogens (primary N) is 1. The molecule has 1 saturated heterocycles. The predicted octanol–water partition coefficient (Wildman–Crippen LogP) is 0.469. The highest BCUT2D eigenvalue weighted by molar-refractivity contribution is 7.14. The van der Waals surface area contributed by atoms with Gasteiger partial charge in [-0.15, -0.1) is 11.3 Å². The van der Waals surface area contributed by atoms with Crippen molar-refractivity contribution >= 4 is 28.2 Å². The third-order valence-electron chi connectivity index (χ3n) is 3.47. The van der Waals surface area contributed by atoms with Gasteiger partial charge in [-0.05, 0) is 37.9 Å². The Hall–Kier alpha value is -1.44. The average molecular weight is 296 g/mol. The maximum absolute atomic E-state index is 12.0. The first-order valence-electron chi connectivity index (χ1n) is 6.66. The van der Waals surface area contributed by atoms with E-state index in [1.807, 2.05) is 11.9 Å². The Balaban J connectivity index is 1.88. The molecule has 1 aliphatic rings. The van der Waals surface area contributed by atoms with Crippen LogP contribution in [0.4, 0.5) is 5.00 Å². The fraction of sp³-hybridized carbons (Fsp3) is 0.538. The minimum absolute atomic E-state index is 0.122. The van der Waals surface area contributed by atoms with Gasteiger partial charge in [0.2, 0.25) is 5.91 Å². The summed E-state index contributed by atoms with van der Waals surface area (Å²) in [4.78, 5) is 25.3. The number of nitrogens with zero attached hydrogens (tertiary/aromatic N) is 1. The van der Waals surface area contributed by atoms with Gasteiger partial charge in [0.05, 0.1) is 12.1 Å². The molecule has 0 saturated carbocycles. The molecule has 1 aliphatic heterocycles. The molecule has 1 fully saturated rings. The van der Waals surface area contributed by atoms with Crippen LogP contribution in [0.2, 0.25) is 0 Å². The van der Waals surface area contributed by atoms with Crippen LogP contribution in [0.5, 0.6) is 0 Å². The van der Waals surface area contributed by atoms with Gasteiger partial charge in [-0.1, -0.05) is 0 Å². The predicted molar refractivity (Wildman–Crippen MR) is 80.0 cm³/mol. The summed E-state index contributed by atoms with van der Waals surface area (Å²) < 4.78 is 0. The van der Waals surface area contributed by atoms with E-state index in [4.69, 9.17) is 5.73 Å². The Labute approximate surface area is 122 Å². The zero-order chi connectivity index (χ0) is 14.5. The fourth-order valence-corrected chi connectivity index (χ4v) is 3.14. The van der Waals surface area contributed by atoms with Crippen molar-refractivity contribution in [1.82, 2.24) is 10.2 Å². The Morgan fingerprint density at radius 3 is 3.05 bits per heavy atom. The van der Waals surface area contributed by atoms with Crippen molar-refractivity contribution in [3.63, 3.8) is 0 Å². The summed E-state index contributed by atoms with van der Waals surface area (Å²) in [5, 5.41) is 8.35. The summed E-state index contributed by atoms with van der Waals surface area (Å²) in [6.45, 7) is 2.27. The lowest BCUT2D eigenvalue weighted by atomic mass is 10.1. The van der Waals surface area contributed by atoms with E-state index in [-0.39, 0.29) is 5.91 Å². The summed E-state index contributed by atoms with van der Waals surface area (Å²) in [6, 6.07) is 2.01. The summed E-state index contributed by atoms with van der Waals surface area (Å²) in [5.74, 6) is -0.644. The second-order valence-electron chi connectivity index (χ2n) is 4.99. The molecule has 2 amide bonds. The van der Waals surface area contributed by atoms with E-state index in [0.717, 1.165) is 25.9 Å².